The Morgan fingerprint density at radius 3 is 2.72 bits per heavy atom. The van der Waals surface area contributed by atoms with Gasteiger partial charge in [-0.05, 0) is 92.6 Å². The lowest BCUT2D eigenvalue weighted by Gasteiger charge is -2.50. The Bertz CT molecular complexity index is 836. The molecule has 1 aromatic heterocycles. The predicted octanol–water partition coefficient (Wildman–Crippen LogP) is 4.87. The van der Waals surface area contributed by atoms with Gasteiger partial charge in [0, 0.05) is 29.6 Å². The van der Waals surface area contributed by atoms with Crippen molar-refractivity contribution in [1.29, 1.82) is 5.26 Å². The molecule has 3 heteroatoms. The highest BCUT2D eigenvalue weighted by Gasteiger charge is 2.45. The third-order valence-electron chi connectivity index (χ3n) is 7.04. The summed E-state index contributed by atoms with van der Waals surface area (Å²) in [6.07, 6.45) is 9.69. The van der Waals surface area contributed by atoms with Crippen molar-refractivity contribution >= 4 is 10.9 Å². The van der Waals surface area contributed by atoms with Crippen molar-refractivity contribution in [1.82, 2.24) is 9.88 Å². The first-order valence-corrected chi connectivity index (χ1v) is 9.89. The standard InChI is InChI=1S/C22H27N3/c1-15-10-19(17-2-3-17)20(18-4-7-24-21(15)18)14-25-8-5-22(6-9-25)11-16(12-22)13-23/h4,7,10,16-17,24H,2-3,5-6,8-9,11-12,14H2,1H3. The summed E-state index contributed by atoms with van der Waals surface area (Å²) in [5.41, 5.74) is 6.40. The number of aromatic nitrogens is 1. The van der Waals surface area contributed by atoms with Gasteiger partial charge in [-0.15, -0.1) is 0 Å². The number of rotatable bonds is 3. The summed E-state index contributed by atoms with van der Waals surface area (Å²) in [6.45, 7) is 5.73. The van der Waals surface area contributed by atoms with Crippen LogP contribution in [-0.4, -0.2) is 23.0 Å². The van der Waals surface area contributed by atoms with Crippen molar-refractivity contribution in [3.63, 3.8) is 0 Å². The van der Waals surface area contributed by atoms with E-state index < -0.39 is 0 Å². The minimum Gasteiger partial charge on any atom is -0.361 e. The van der Waals surface area contributed by atoms with Gasteiger partial charge < -0.3 is 4.98 Å². The number of nitrogens with zero attached hydrogens (tertiary/aromatic N) is 2. The van der Waals surface area contributed by atoms with Crippen LogP contribution in [0.15, 0.2) is 18.3 Å². The van der Waals surface area contributed by atoms with Gasteiger partial charge in [-0.2, -0.15) is 5.26 Å². The molecule has 2 aliphatic carbocycles. The molecule has 2 heterocycles. The van der Waals surface area contributed by atoms with Gasteiger partial charge in [0.15, 0.2) is 0 Å². The molecule has 3 fully saturated rings. The number of benzene rings is 1. The zero-order valence-electron chi connectivity index (χ0n) is 15.1. The molecule has 1 N–H and O–H groups in total. The van der Waals surface area contributed by atoms with Crippen molar-refractivity contribution in [2.24, 2.45) is 11.3 Å². The number of piperidine rings is 1. The molecular formula is C22H27N3. The number of likely N-dealkylation sites (tertiary alicyclic amines) is 1. The lowest BCUT2D eigenvalue weighted by atomic mass is 9.58. The molecule has 0 radical (unpaired) electrons. The maximum atomic E-state index is 9.07. The van der Waals surface area contributed by atoms with E-state index in [-0.39, 0.29) is 0 Å². The Balaban J connectivity index is 1.37. The van der Waals surface area contributed by atoms with Crippen LogP contribution in [0.5, 0.6) is 0 Å². The quantitative estimate of drug-likeness (QED) is 0.871. The number of H-pyrrole nitrogens is 1. The van der Waals surface area contributed by atoms with Crippen LogP contribution < -0.4 is 0 Å². The summed E-state index contributed by atoms with van der Waals surface area (Å²) in [4.78, 5) is 6.11. The number of aryl methyl sites for hydroxylation is 1. The van der Waals surface area contributed by atoms with Crippen LogP contribution in [0.25, 0.3) is 10.9 Å². The second kappa shape index (κ2) is 5.61. The lowest BCUT2D eigenvalue weighted by Crippen LogP contribution is -2.46. The van der Waals surface area contributed by atoms with Gasteiger partial charge in [0.2, 0.25) is 0 Å². The van der Waals surface area contributed by atoms with Crippen LogP contribution in [-0.2, 0) is 6.54 Å². The Morgan fingerprint density at radius 1 is 1.28 bits per heavy atom. The monoisotopic (exact) mass is 333 g/mol. The number of aromatic amines is 1. The van der Waals surface area contributed by atoms with Crippen molar-refractivity contribution < 1.29 is 0 Å². The van der Waals surface area contributed by atoms with E-state index >= 15 is 0 Å². The van der Waals surface area contributed by atoms with E-state index in [1.54, 1.807) is 11.1 Å². The Morgan fingerprint density at radius 2 is 2.04 bits per heavy atom. The maximum Gasteiger partial charge on any atom is 0.0656 e. The van der Waals surface area contributed by atoms with Crippen molar-refractivity contribution in [2.75, 3.05) is 13.1 Å². The van der Waals surface area contributed by atoms with E-state index in [0.29, 0.717) is 11.3 Å². The third kappa shape index (κ3) is 2.59. The molecular weight excluding hydrogens is 306 g/mol. The first-order chi connectivity index (χ1) is 12.2. The van der Waals surface area contributed by atoms with Crippen LogP contribution in [0.2, 0.25) is 0 Å². The number of nitriles is 1. The zero-order valence-corrected chi connectivity index (χ0v) is 15.1. The topological polar surface area (TPSA) is 42.8 Å². The summed E-state index contributed by atoms with van der Waals surface area (Å²) in [7, 11) is 0. The lowest BCUT2D eigenvalue weighted by molar-refractivity contribution is 0.00479. The van der Waals surface area contributed by atoms with Crippen molar-refractivity contribution in [3.8, 4) is 6.07 Å². The molecule has 3 nitrogen and oxygen atoms in total. The SMILES string of the molecule is Cc1cc(C2CC2)c(CN2CCC3(CC2)CC(C#N)C3)c2cc[nH]c12. The van der Waals surface area contributed by atoms with Gasteiger partial charge in [0.25, 0.3) is 0 Å². The number of hydrogen-bond donors (Lipinski definition) is 1. The average Bonchev–Trinajstić information content (AvgIpc) is 3.31. The largest absolute Gasteiger partial charge is 0.361 e. The molecule has 25 heavy (non-hydrogen) atoms. The van der Waals surface area contributed by atoms with Gasteiger partial charge in [-0.25, -0.2) is 0 Å². The molecule has 130 valence electrons. The highest BCUT2D eigenvalue weighted by Crippen LogP contribution is 2.52. The molecule has 2 saturated carbocycles. The average molecular weight is 333 g/mol. The Hall–Kier alpha value is -1.79. The number of hydrogen-bond acceptors (Lipinski definition) is 2. The third-order valence-corrected chi connectivity index (χ3v) is 7.04. The fraction of sp³-hybridized carbons (Fsp3) is 0.591. The molecule has 1 saturated heterocycles. The molecule has 5 rings (SSSR count). The zero-order chi connectivity index (χ0) is 17.0. The fourth-order valence-corrected chi connectivity index (χ4v) is 5.32. The maximum absolute atomic E-state index is 9.07. The molecule has 2 aromatic rings. The van der Waals surface area contributed by atoms with Crippen LogP contribution in [0.3, 0.4) is 0 Å². The molecule has 1 aromatic carbocycles. The molecule has 0 bridgehead atoms. The van der Waals surface area contributed by atoms with Crippen LogP contribution in [0.1, 0.15) is 61.1 Å². The molecule has 0 amide bonds. The van der Waals surface area contributed by atoms with E-state index in [1.807, 2.05) is 0 Å². The van der Waals surface area contributed by atoms with Crippen molar-refractivity contribution in [2.45, 2.75) is 57.9 Å². The second-order valence-corrected chi connectivity index (χ2v) is 8.81. The molecule has 0 unspecified atom stereocenters. The Labute approximate surface area is 150 Å². The van der Waals surface area contributed by atoms with E-state index in [0.717, 1.165) is 25.3 Å². The van der Waals surface area contributed by atoms with Gasteiger partial charge in [-0.1, -0.05) is 6.07 Å². The van der Waals surface area contributed by atoms with E-state index in [9.17, 15) is 0 Å². The van der Waals surface area contributed by atoms with E-state index in [2.05, 4.69) is 41.2 Å². The van der Waals surface area contributed by atoms with E-state index in [1.165, 1.54) is 55.2 Å². The van der Waals surface area contributed by atoms with Crippen LogP contribution in [0.4, 0.5) is 0 Å². The molecule has 1 aliphatic heterocycles. The fourth-order valence-electron chi connectivity index (χ4n) is 5.32. The first kappa shape index (κ1) is 15.5. The minimum absolute atomic E-state index is 0.338. The predicted molar refractivity (Wildman–Crippen MR) is 100 cm³/mol. The normalized spacial score (nSPS) is 23.7. The number of nitrogens with one attached hydrogen (secondary N) is 1. The van der Waals surface area contributed by atoms with Crippen LogP contribution in [0, 0.1) is 29.6 Å². The summed E-state index contributed by atoms with van der Waals surface area (Å²) < 4.78 is 0. The Kier molecular flexibility index (Phi) is 3.47. The van der Waals surface area contributed by atoms with Crippen LogP contribution >= 0.6 is 0 Å². The van der Waals surface area contributed by atoms with Gasteiger partial charge in [-0.3, -0.25) is 4.90 Å². The highest BCUT2D eigenvalue weighted by molar-refractivity contribution is 5.87. The smallest absolute Gasteiger partial charge is 0.0656 e. The second-order valence-electron chi connectivity index (χ2n) is 8.81. The van der Waals surface area contributed by atoms with E-state index in [4.69, 9.17) is 5.26 Å². The van der Waals surface area contributed by atoms with Gasteiger partial charge in [0.1, 0.15) is 0 Å². The first-order valence-electron chi connectivity index (χ1n) is 9.89. The molecule has 3 aliphatic rings. The summed E-state index contributed by atoms with van der Waals surface area (Å²) in [6, 6.07) is 7.18. The highest BCUT2D eigenvalue weighted by atomic mass is 15.1. The summed E-state index contributed by atoms with van der Waals surface area (Å²) in [5, 5.41) is 10.5. The number of fused-ring (bicyclic) bond motifs is 1. The summed E-state index contributed by atoms with van der Waals surface area (Å²) in [5.74, 6) is 1.14. The summed E-state index contributed by atoms with van der Waals surface area (Å²) >= 11 is 0. The van der Waals surface area contributed by atoms with Gasteiger partial charge >= 0.3 is 0 Å². The molecule has 1 spiro atoms. The minimum atomic E-state index is 0.338. The van der Waals surface area contributed by atoms with Crippen molar-refractivity contribution in [3.05, 3.63) is 35.0 Å². The molecule has 0 atom stereocenters. The van der Waals surface area contributed by atoms with Gasteiger partial charge in [0.05, 0.1) is 6.07 Å².